The van der Waals surface area contributed by atoms with Gasteiger partial charge in [0, 0.05) is 43.5 Å². The highest BCUT2D eigenvalue weighted by molar-refractivity contribution is 8.00. The van der Waals surface area contributed by atoms with Crippen LogP contribution < -0.4 is 5.32 Å². The van der Waals surface area contributed by atoms with Crippen LogP contribution in [0.15, 0.2) is 72.3 Å². The summed E-state index contributed by atoms with van der Waals surface area (Å²) >= 11 is 6.10. The highest BCUT2D eigenvalue weighted by Crippen LogP contribution is 2.38. The maximum absolute atomic E-state index is 13.9. The molecule has 1 saturated heterocycles. The lowest BCUT2D eigenvalue weighted by Gasteiger charge is -2.42. The zero-order valence-electron chi connectivity index (χ0n) is 20.0. The molecule has 3 aromatic rings. The largest absolute Gasteiger partial charge is 0.367 e. The van der Waals surface area contributed by atoms with Gasteiger partial charge in [0.15, 0.2) is 16.1 Å². The zero-order chi connectivity index (χ0) is 26.7. The van der Waals surface area contributed by atoms with Gasteiger partial charge in [-0.3, -0.25) is 4.90 Å². The Kier molecular flexibility index (Phi) is 8.42. The molecule has 10 heteroatoms. The summed E-state index contributed by atoms with van der Waals surface area (Å²) in [5.74, 6) is -1.68. The summed E-state index contributed by atoms with van der Waals surface area (Å²) in [5, 5.41) is 21.5. The molecular formula is C27H27ClF2N2O4S. The Morgan fingerprint density at radius 1 is 0.973 bits per heavy atom. The van der Waals surface area contributed by atoms with Crippen LogP contribution in [0.2, 0.25) is 5.02 Å². The van der Waals surface area contributed by atoms with E-state index in [1.165, 1.54) is 0 Å². The second-order valence-corrected chi connectivity index (χ2v) is 11.5. The fraction of sp³-hybridized carbons (Fsp3) is 0.259. The van der Waals surface area contributed by atoms with E-state index in [0.29, 0.717) is 36.3 Å². The Morgan fingerprint density at radius 2 is 1.51 bits per heavy atom. The first-order chi connectivity index (χ1) is 17.5. The van der Waals surface area contributed by atoms with Crippen LogP contribution in [0.25, 0.3) is 4.91 Å². The van der Waals surface area contributed by atoms with Gasteiger partial charge in [-0.2, -0.15) is 0 Å². The number of hydrogen-bond acceptors (Lipinski definition) is 6. The Morgan fingerprint density at radius 3 is 2.03 bits per heavy atom. The molecule has 0 spiro atoms. The maximum atomic E-state index is 13.9. The minimum Gasteiger partial charge on any atom is -0.367 e. The van der Waals surface area contributed by atoms with Crippen LogP contribution in [0.4, 0.5) is 8.78 Å². The predicted octanol–water partition coefficient (Wildman–Crippen LogP) is 3.88. The van der Waals surface area contributed by atoms with Crippen molar-refractivity contribution in [1.29, 1.82) is 0 Å². The molecule has 1 atom stereocenters. The molecule has 1 aliphatic heterocycles. The average molecular weight is 549 g/mol. The van der Waals surface area contributed by atoms with E-state index >= 15 is 0 Å². The van der Waals surface area contributed by atoms with Crippen molar-refractivity contribution in [3.05, 3.63) is 111 Å². The van der Waals surface area contributed by atoms with E-state index in [1.807, 2.05) is 36.4 Å². The number of aliphatic hydroxyl groups is 2. The fourth-order valence-corrected chi connectivity index (χ4v) is 5.88. The molecule has 1 unspecified atom stereocenters. The summed E-state index contributed by atoms with van der Waals surface area (Å²) in [6, 6.07) is 17.8. The van der Waals surface area contributed by atoms with Gasteiger partial charge in [0.1, 0.15) is 11.6 Å². The van der Waals surface area contributed by atoms with Crippen molar-refractivity contribution in [3.8, 4) is 0 Å². The second-order valence-electron chi connectivity index (χ2n) is 9.08. The van der Waals surface area contributed by atoms with Gasteiger partial charge in [0.2, 0.25) is 0 Å². The minimum absolute atomic E-state index is 0.00236. The molecule has 0 saturated carbocycles. The molecule has 1 fully saturated rings. The topological polar surface area (TPSA) is 89.9 Å². The monoisotopic (exact) mass is 548 g/mol. The first kappa shape index (κ1) is 27.4. The van der Waals surface area contributed by atoms with E-state index < -0.39 is 27.8 Å². The van der Waals surface area contributed by atoms with Gasteiger partial charge < -0.3 is 15.5 Å². The van der Waals surface area contributed by atoms with Crippen molar-refractivity contribution in [2.75, 3.05) is 25.9 Å². The number of rotatable bonds is 9. The van der Waals surface area contributed by atoms with E-state index in [0.717, 1.165) is 35.1 Å². The molecule has 6 nitrogen and oxygen atoms in total. The molecule has 4 rings (SSSR count). The van der Waals surface area contributed by atoms with Crippen LogP contribution >= 0.6 is 11.6 Å². The summed E-state index contributed by atoms with van der Waals surface area (Å²) in [4.78, 5) is 2.03. The Balaban J connectivity index is 1.64. The molecule has 1 heterocycles. The third-order valence-electron chi connectivity index (χ3n) is 6.11. The van der Waals surface area contributed by atoms with Crippen LogP contribution in [0.5, 0.6) is 0 Å². The quantitative estimate of drug-likeness (QED) is 0.352. The second kappa shape index (κ2) is 11.4. The molecule has 3 N–H and O–H groups in total. The van der Waals surface area contributed by atoms with Crippen LogP contribution in [-0.4, -0.2) is 55.7 Å². The Bertz CT molecular complexity index is 1370. The van der Waals surface area contributed by atoms with Crippen LogP contribution in [0, 0.1) is 11.6 Å². The van der Waals surface area contributed by atoms with Crippen molar-refractivity contribution in [3.63, 3.8) is 0 Å². The van der Waals surface area contributed by atoms with Gasteiger partial charge in [-0.15, -0.1) is 0 Å². The maximum Gasteiger partial charge on any atom is 0.176 e. The lowest BCUT2D eigenvalue weighted by molar-refractivity contribution is -0.0373. The van der Waals surface area contributed by atoms with Gasteiger partial charge in [-0.1, -0.05) is 48.0 Å². The third kappa shape index (κ3) is 6.81. The number of halogens is 3. The number of benzene rings is 3. The number of nitrogens with one attached hydrogen (secondary N) is 1. The number of likely N-dealkylation sites (tertiary alicyclic amines) is 1. The number of nitrogens with zero attached hydrogens (tertiary/aromatic N) is 1. The first-order valence-corrected chi connectivity index (χ1v) is 13.8. The highest BCUT2D eigenvalue weighted by Gasteiger charge is 2.35. The SMILES string of the molecule is CS(=O)(=O)C(=C1CN(C(c2ccc(Cl)cc2)c2ccc(CNCC(O)O)cc2)C1)c1cc(F)cc(F)c1. The molecule has 196 valence electrons. The van der Waals surface area contributed by atoms with Crippen LogP contribution in [-0.2, 0) is 16.4 Å². The zero-order valence-corrected chi connectivity index (χ0v) is 21.6. The predicted molar refractivity (Wildman–Crippen MR) is 139 cm³/mol. The number of hydrogen-bond donors (Lipinski definition) is 3. The van der Waals surface area contributed by atoms with E-state index in [4.69, 9.17) is 21.8 Å². The average Bonchev–Trinajstić information content (AvgIpc) is 2.78. The Labute approximate surface area is 219 Å². The molecule has 3 aromatic carbocycles. The van der Waals surface area contributed by atoms with Crippen molar-refractivity contribution < 1.29 is 27.4 Å². The van der Waals surface area contributed by atoms with Crippen molar-refractivity contribution >= 4 is 26.3 Å². The van der Waals surface area contributed by atoms with Gasteiger partial charge in [0.25, 0.3) is 0 Å². The van der Waals surface area contributed by atoms with Crippen LogP contribution in [0.3, 0.4) is 0 Å². The molecule has 0 aromatic heterocycles. The summed E-state index contributed by atoms with van der Waals surface area (Å²) in [6.07, 6.45) is -0.386. The standard InChI is InChI=1S/C27H27ClF2N2O4S/c1-37(35,36)27(20-10-23(29)12-24(30)11-20)21-15-32(16-21)26(19-6-8-22(28)9-7-19)18-4-2-17(3-5-18)13-31-14-25(33)34/h2-12,25-26,31,33-34H,13-16H2,1H3. The number of aliphatic hydroxyl groups excluding tert-OH is 1. The third-order valence-corrected chi connectivity index (χ3v) is 7.62. The molecular weight excluding hydrogens is 522 g/mol. The smallest absolute Gasteiger partial charge is 0.176 e. The molecule has 0 aliphatic carbocycles. The first-order valence-electron chi connectivity index (χ1n) is 11.5. The minimum atomic E-state index is -3.76. The Hall–Kier alpha value is -2.66. The normalized spacial score (nSPS) is 15.1. The molecule has 0 bridgehead atoms. The highest BCUT2D eigenvalue weighted by atomic mass is 35.5. The summed E-state index contributed by atoms with van der Waals surface area (Å²) < 4.78 is 53.0. The fourth-order valence-electron chi connectivity index (χ4n) is 4.56. The van der Waals surface area contributed by atoms with Crippen molar-refractivity contribution in [2.45, 2.75) is 18.9 Å². The lowest BCUT2D eigenvalue weighted by atomic mass is 9.91. The molecule has 0 radical (unpaired) electrons. The van der Waals surface area contributed by atoms with E-state index in [1.54, 1.807) is 12.1 Å². The summed E-state index contributed by atoms with van der Waals surface area (Å²) in [5.41, 5.74) is 3.45. The molecule has 1 aliphatic rings. The molecule has 37 heavy (non-hydrogen) atoms. The summed E-state index contributed by atoms with van der Waals surface area (Å²) in [7, 11) is -3.76. The number of sulfone groups is 1. The van der Waals surface area contributed by atoms with Crippen molar-refractivity contribution in [1.82, 2.24) is 10.2 Å². The van der Waals surface area contributed by atoms with Gasteiger partial charge in [0.05, 0.1) is 10.9 Å². The van der Waals surface area contributed by atoms with E-state index in [9.17, 15) is 17.2 Å². The summed E-state index contributed by atoms with van der Waals surface area (Å²) in [6.45, 7) is 1.11. The van der Waals surface area contributed by atoms with Crippen molar-refractivity contribution in [2.24, 2.45) is 0 Å². The van der Waals surface area contributed by atoms with Gasteiger partial charge >= 0.3 is 0 Å². The van der Waals surface area contributed by atoms with E-state index in [2.05, 4.69) is 10.2 Å². The van der Waals surface area contributed by atoms with Gasteiger partial charge in [-0.25, -0.2) is 17.2 Å². The van der Waals surface area contributed by atoms with Gasteiger partial charge in [-0.05, 0) is 52.1 Å². The van der Waals surface area contributed by atoms with E-state index in [-0.39, 0.29) is 23.1 Å². The van der Waals surface area contributed by atoms with Crippen LogP contribution in [0.1, 0.15) is 28.3 Å². The molecule has 0 amide bonds. The lowest BCUT2D eigenvalue weighted by Crippen LogP contribution is -2.44.